The number of hydrogen-bond acceptors (Lipinski definition) is 6. The topological polar surface area (TPSA) is 127 Å². The molecule has 10 nitrogen and oxygen atoms in total. The molecular formula is C22H21ClFN5O5S. The van der Waals surface area contributed by atoms with Crippen LogP contribution in [0.25, 0.3) is 0 Å². The summed E-state index contributed by atoms with van der Waals surface area (Å²) < 4.78 is 41.7. The number of aromatic nitrogens is 2. The number of anilines is 1. The van der Waals surface area contributed by atoms with Crippen molar-refractivity contribution in [3.05, 3.63) is 81.4 Å². The number of halogens is 2. The second kappa shape index (κ2) is 10.1. The molecule has 0 spiro atoms. The van der Waals surface area contributed by atoms with Crippen molar-refractivity contribution in [1.29, 1.82) is 0 Å². The lowest BCUT2D eigenvalue weighted by Crippen LogP contribution is -2.41. The SMILES string of the molecule is O=C(Nc1cnn(Cc2ccc(F)cc2Cl)c1)C1CCN(S(=O)(=O)c2ccc([N+](=O)[O-])cc2)CC1. The Kier molecular flexibility index (Phi) is 7.15. The van der Waals surface area contributed by atoms with Crippen LogP contribution in [0.2, 0.25) is 5.02 Å². The van der Waals surface area contributed by atoms with Crippen LogP contribution in [0.3, 0.4) is 0 Å². The summed E-state index contributed by atoms with van der Waals surface area (Å²) in [6, 6.07) is 8.82. The van der Waals surface area contributed by atoms with Gasteiger partial charge in [-0.25, -0.2) is 12.8 Å². The normalized spacial score (nSPS) is 15.1. The van der Waals surface area contributed by atoms with Gasteiger partial charge in [0.1, 0.15) is 5.82 Å². The van der Waals surface area contributed by atoms with Crippen LogP contribution in [0.5, 0.6) is 0 Å². The average Bonchev–Trinajstić information content (AvgIpc) is 3.27. The van der Waals surface area contributed by atoms with Gasteiger partial charge in [0, 0.05) is 42.4 Å². The predicted octanol–water partition coefficient (Wildman–Crippen LogP) is 3.67. The number of nitro groups is 1. The van der Waals surface area contributed by atoms with Crippen molar-refractivity contribution in [3.63, 3.8) is 0 Å². The highest BCUT2D eigenvalue weighted by molar-refractivity contribution is 7.89. The van der Waals surface area contributed by atoms with Crippen molar-refractivity contribution in [3.8, 4) is 0 Å². The molecule has 4 rings (SSSR count). The van der Waals surface area contributed by atoms with Gasteiger partial charge in [-0.1, -0.05) is 17.7 Å². The Balaban J connectivity index is 1.32. The van der Waals surface area contributed by atoms with E-state index in [1.807, 2.05) is 0 Å². The summed E-state index contributed by atoms with van der Waals surface area (Å²) in [5.74, 6) is -1.05. The van der Waals surface area contributed by atoms with Crippen LogP contribution < -0.4 is 5.32 Å². The number of non-ortho nitro benzene ring substituents is 1. The van der Waals surface area contributed by atoms with E-state index in [1.54, 1.807) is 16.9 Å². The summed E-state index contributed by atoms with van der Waals surface area (Å²) in [6.45, 7) is 0.605. The molecule has 35 heavy (non-hydrogen) atoms. The number of benzene rings is 2. The van der Waals surface area contributed by atoms with Gasteiger partial charge < -0.3 is 5.32 Å². The molecular weight excluding hydrogens is 501 g/mol. The molecule has 1 amide bonds. The number of sulfonamides is 1. The molecule has 3 aromatic rings. The Morgan fingerprint density at radius 2 is 1.89 bits per heavy atom. The van der Waals surface area contributed by atoms with Crippen molar-refractivity contribution < 1.29 is 22.5 Å². The van der Waals surface area contributed by atoms with E-state index in [-0.39, 0.29) is 40.5 Å². The number of nitrogens with one attached hydrogen (secondary N) is 1. The zero-order chi connectivity index (χ0) is 25.2. The quantitative estimate of drug-likeness (QED) is 0.373. The van der Waals surface area contributed by atoms with Crippen molar-refractivity contribution >= 4 is 38.9 Å². The predicted molar refractivity (Wildman–Crippen MR) is 126 cm³/mol. The number of amides is 1. The smallest absolute Gasteiger partial charge is 0.269 e. The molecule has 1 aliphatic heterocycles. The Morgan fingerprint density at radius 1 is 1.20 bits per heavy atom. The lowest BCUT2D eigenvalue weighted by atomic mass is 9.97. The summed E-state index contributed by atoms with van der Waals surface area (Å²) in [4.78, 5) is 22.9. The van der Waals surface area contributed by atoms with Gasteiger partial charge in [-0.15, -0.1) is 0 Å². The first-order chi connectivity index (χ1) is 16.6. The fourth-order valence-corrected chi connectivity index (χ4v) is 5.53. The maximum Gasteiger partial charge on any atom is 0.269 e. The molecule has 0 atom stereocenters. The number of rotatable bonds is 7. The van der Waals surface area contributed by atoms with Gasteiger partial charge in [0.05, 0.1) is 28.2 Å². The number of carbonyl (C=O) groups excluding carboxylic acids is 1. The fourth-order valence-electron chi connectivity index (χ4n) is 3.83. The second-order valence-electron chi connectivity index (χ2n) is 8.08. The Bertz CT molecular complexity index is 1350. The maximum absolute atomic E-state index is 13.2. The molecule has 13 heteroatoms. The molecule has 2 aromatic carbocycles. The van der Waals surface area contributed by atoms with Gasteiger partial charge in [0.25, 0.3) is 5.69 Å². The molecule has 1 N–H and O–H groups in total. The van der Waals surface area contributed by atoms with Crippen LogP contribution in [-0.2, 0) is 21.4 Å². The van der Waals surface area contributed by atoms with E-state index in [2.05, 4.69) is 10.4 Å². The van der Waals surface area contributed by atoms with Crippen LogP contribution >= 0.6 is 11.6 Å². The van der Waals surface area contributed by atoms with E-state index in [9.17, 15) is 27.7 Å². The third-order valence-corrected chi connectivity index (χ3v) is 8.02. The van der Waals surface area contributed by atoms with Crippen molar-refractivity contribution in [2.24, 2.45) is 5.92 Å². The highest BCUT2D eigenvalue weighted by atomic mass is 35.5. The van der Waals surface area contributed by atoms with Crippen molar-refractivity contribution in [2.45, 2.75) is 24.3 Å². The second-order valence-corrected chi connectivity index (χ2v) is 10.4. The number of nitro benzene ring substituents is 1. The van der Waals surface area contributed by atoms with Crippen molar-refractivity contribution in [2.75, 3.05) is 18.4 Å². The molecule has 0 saturated carbocycles. The van der Waals surface area contributed by atoms with Crippen LogP contribution in [0.15, 0.2) is 59.8 Å². The molecule has 0 radical (unpaired) electrons. The van der Waals surface area contributed by atoms with E-state index in [0.717, 1.165) is 12.1 Å². The molecule has 0 bridgehead atoms. The average molecular weight is 522 g/mol. The lowest BCUT2D eigenvalue weighted by Gasteiger charge is -2.30. The fraction of sp³-hybridized carbons (Fsp3) is 0.273. The number of hydrogen-bond donors (Lipinski definition) is 1. The Hall–Kier alpha value is -3.35. The highest BCUT2D eigenvalue weighted by Crippen LogP contribution is 2.26. The summed E-state index contributed by atoms with van der Waals surface area (Å²) in [5, 5.41) is 18.1. The van der Waals surface area contributed by atoms with Gasteiger partial charge in [0.2, 0.25) is 15.9 Å². The van der Waals surface area contributed by atoms with Crippen LogP contribution in [-0.4, -0.2) is 46.4 Å². The van der Waals surface area contributed by atoms with E-state index in [4.69, 9.17) is 11.6 Å². The van der Waals surface area contributed by atoms with Crippen LogP contribution in [0.4, 0.5) is 15.8 Å². The third kappa shape index (κ3) is 5.66. The molecule has 1 aliphatic rings. The number of carbonyl (C=O) groups is 1. The van der Waals surface area contributed by atoms with Crippen LogP contribution in [0, 0.1) is 21.8 Å². The largest absolute Gasteiger partial charge is 0.323 e. The minimum absolute atomic E-state index is 0.0281. The van der Waals surface area contributed by atoms with E-state index >= 15 is 0 Å². The molecule has 0 aliphatic carbocycles. The van der Waals surface area contributed by atoms with Gasteiger partial charge in [-0.3, -0.25) is 19.6 Å². The van der Waals surface area contributed by atoms with Crippen LogP contribution in [0.1, 0.15) is 18.4 Å². The molecule has 0 unspecified atom stereocenters. The Labute approximate surface area is 205 Å². The molecule has 1 aromatic heterocycles. The molecule has 2 heterocycles. The monoisotopic (exact) mass is 521 g/mol. The summed E-state index contributed by atoms with van der Waals surface area (Å²) in [7, 11) is -3.81. The van der Waals surface area contributed by atoms with Crippen molar-refractivity contribution in [1.82, 2.24) is 14.1 Å². The Morgan fingerprint density at radius 3 is 2.51 bits per heavy atom. The third-order valence-electron chi connectivity index (χ3n) is 5.76. The van der Waals surface area contributed by atoms with Gasteiger partial charge >= 0.3 is 0 Å². The van der Waals surface area contributed by atoms with Gasteiger partial charge in [-0.2, -0.15) is 9.40 Å². The van der Waals surface area contributed by atoms with E-state index < -0.39 is 20.8 Å². The van der Waals surface area contributed by atoms with Gasteiger partial charge in [-0.05, 0) is 42.7 Å². The molecule has 184 valence electrons. The van der Waals surface area contributed by atoms with E-state index in [1.165, 1.54) is 34.8 Å². The maximum atomic E-state index is 13.2. The number of nitrogens with zero attached hydrogens (tertiary/aromatic N) is 4. The minimum Gasteiger partial charge on any atom is -0.323 e. The summed E-state index contributed by atoms with van der Waals surface area (Å²) in [5.41, 5.74) is 0.966. The first kappa shape index (κ1) is 24.8. The molecule has 1 saturated heterocycles. The highest BCUT2D eigenvalue weighted by Gasteiger charge is 2.32. The summed E-state index contributed by atoms with van der Waals surface area (Å²) >= 11 is 6.05. The van der Waals surface area contributed by atoms with E-state index in [0.29, 0.717) is 30.6 Å². The molecule has 1 fully saturated rings. The zero-order valence-corrected chi connectivity index (χ0v) is 19.9. The standard InChI is InChI=1S/C22H21ClFN5O5S/c23-21-11-17(24)2-1-16(21)13-27-14-18(12-25-27)26-22(30)15-7-9-28(10-8-15)35(33,34)20-5-3-19(4-6-20)29(31)32/h1-6,11-12,14-15H,7-10,13H2,(H,26,30). The summed E-state index contributed by atoms with van der Waals surface area (Å²) in [6.07, 6.45) is 3.78. The minimum atomic E-state index is -3.81. The van der Waals surface area contributed by atoms with Gasteiger partial charge in [0.15, 0.2) is 0 Å². The number of piperidine rings is 1. The first-order valence-electron chi connectivity index (χ1n) is 10.7. The first-order valence-corrected chi connectivity index (χ1v) is 12.5. The lowest BCUT2D eigenvalue weighted by molar-refractivity contribution is -0.384. The zero-order valence-electron chi connectivity index (χ0n) is 18.3.